The van der Waals surface area contributed by atoms with Gasteiger partial charge in [-0.15, -0.1) is 0 Å². The molecule has 0 aliphatic carbocycles. The summed E-state index contributed by atoms with van der Waals surface area (Å²) < 4.78 is 17.7. The quantitative estimate of drug-likeness (QED) is 0.145. The molecule has 1 fully saturated rings. The number of alkyl halides is 1. The van der Waals surface area contributed by atoms with Crippen molar-refractivity contribution in [3.05, 3.63) is 35.9 Å². The van der Waals surface area contributed by atoms with Crippen LogP contribution in [0.5, 0.6) is 0 Å². The SMILES string of the molecule is CCCCC(NC(=O)[C@@H](CCCCCF)NC(=O)[C@H](N)Cc1ccccc1)C(=O)OC(=O)C1CCNCC1. The molecule has 2 amide bonds. The highest BCUT2D eigenvalue weighted by Crippen LogP contribution is 2.15. The van der Waals surface area contributed by atoms with Crippen LogP contribution < -0.4 is 21.7 Å². The molecule has 5 N–H and O–H groups in total. The van der Waals surface area contributed by atoms with Gasteiger partial charge in [0.15, 0.2) is 0 Å². The Bertz CT molecular complexity index is 879. The molecule has 1 aliphatic rings. The number of ether oxygens (including phenoxy) is 1. The zero-order valence-corrected chi connectivity index (χ0v) is 22.4. The molecule has 0 saturated carbocycles. The third-order valence-corrected chi connectivity index (χ3v) is 6.72. The van der Waals surface area contributed by atoms with Crippen LogP contribution in [0.15, 0.2) is 30.3 Å². The van der Waals surface area contributed by atoms with Crippen LogP contribution in [0.3, 0.4) is 0 Å². The predicted molar refractivity (Wildman–Crippen MR) is 143 cm³/mol. The molecule has 0 bridgehead atoms. The number of benzene rings is 1. The van der Waals surface area contributed by atoms with E-state index in [-0.39, 0.29) is 12.3 Å². The van der Waals surface area contributed by atoms with E-state index >= 15 is 0 Å². The Kier molecular flexibility index (Phi) is 14.5. The Hall–Kier alpha value is -2.85. The van der Waals surface area contributed by atoms with Gasteiger partial charge in [0.1, 0.15) is 12.1 Å². The Morgan fingerprint density at radius 1 is 0.974 bits per heavy atom. The molecule has 0 radical (unpaired) electrons. The molecule has 1 unspecified atom stereocenters. The van der Waals surface area contributed by atoms with Crippen molar-refractivity contribution < 1.29 is 28.3 Å². The van der Waals surface area contributed by atoms with Gasteiger partial charge in [-0.2, -0.15) is 0 Å². The van der Waals surface area contributed by atoms with E-state index in [2.05, 4.69) is 16.0 Å². The number of nitrogens with two attached hydrogens (primary N) is 1. The summed E-state index contributed by atoms with van der Waals surface area (Å²) >= 11 is 0. The van der Waals surface area contributed by atoms with Gasteiger partial charge in [0.2, 0.25) is 11.8 Å². The third-order valence-electron chi connectivity index (χ3n) is 6.72. The number of carbonyl (C=O) groups excluding carboxylic acids is 4. The summed E-state index contributed by atoms with van der Waals surface area (Å²) in [6.07, 6.45) is 4.88. The zero-order chi connectivity index (χ0) is 27.8. The zero-order valence-electron chi connectivity index (χ0n) is 22.4. The van der Waals surface area contributed by atoms with Crippen molar-refractivity contribution in [1.29, 1.82) is 0 Å². The molecule has 9 nitrogen and oxygen atoms in total. The number of nitrogens with one attached hydrogen (secondary N) is 3. The van der Waals surface area contributed by atoms with Gasteiger partial charge in [-0.25, -0.2) is 4.79 Å². The Morgan fingerprint density at radius 3 is 2.29 bits per heavy atom. The van der Waals surface area contributed by atoms with E-state index in [0.29, 0.717) is 64.5 Å². The molecule has 212 valence electrons. The van der Waals surface area contributed by atoms with E-state index in [4.69, 9.17) is 10.5 Å². The highest BCUT2D eigenvalue weighted by molar-refractivity contribution is 5.94. The molecular weight excluding hydrogens is 491 g/mol. The molecule has 38 heavy (non-hydrogen) atoms. The van der Waals surface area contributed by atoms with Crippen molar-refractivity contribution in [2.75, 3.05) is 19.8 Å². The monoisotopic (exact) mass is 534 g/mol. The summed E-state index contributed by atoms with van der Waals surface area (Å²) in [5.41, 5.74) is 6.99. The lowest BCUT2D eigenvalue weighted by Gasteiger charge is -2.25. The second-order valence-electron chi connectivity index (χ2n) is 9.86. The highest BCUT2D eigenvalue weighted by atomic mass is 19.1. The molecule has 2 rings (SSSR count). The molecule has 3 atom stereocenters. The van der Waals surface area contributed by atoms with Gasteiger partial charge in [-0.1, -0.05) is 62.9 Å². The van der Waals surface area contributed by atoms with Crippen LogP contribution in [0.2, 0.25) is 0 Å². The number of amides is 2. The summed E-state index contributed by atoms with van der Waals surface area (Å²) in [7, 11) is 0. The van der Waals surface area contributed by atoms with Crippen molar-refractivity contribution in [3.8, 4) is 0 Å². The second-order valence-corrected chi connectivity index (χ2v) is 9.86. The smallest absolute Gasteiger partial charge is 0.336 e. The van der Waals surface area contributed by atoms with E-state index in [0.717, 1.165) is 12.0 Å². The van der Waals surface area contributed by atoms with E-state index in [1.165, 1.54) is 0 Å². The van der Waals surface area contributed by atoms with E-state index in [9.17, 15) is 23.6 Å². The molecule has 10 heteroatoms. The Labute approximate surface area is 224 Å². The van der Waals surface area contributed by atoms with E-state index in [1.54, 1.807) is 0 Å². The highest BCUT2D eigenvalue weighted by Gasteiger charge is 2.31. The van der Waals surface area contributed by atoms with Crippen LogP contribution >= 0.6 is 0 Å². The normalized spacial score (nSPS) is 16.2. The summed E-state index contributed by atoms with van der Waals surface area (Å²) in [6.45, 7) is 2.86. The van der Waals surface area contributed by atoms with Crippen LogP contribution in [0, 0.1) is 5.92 Å². The fourth-order valence-electron chi connectivity index (χ4n) is 4.37. The van der Waals surface area contributed by atoms with Gasteiger partial charge in [0.05, 0.1) is 18.6 Å². The van der Waals surface area contributed by atoms with Crippen molar-refractivity contribution in [3.63, 3.8) is 0 Å². The first kappa shape index (κ1) is 31.4. The Balaban J connectivity index is 2.04. The lowest BCUT2D eigenvalue weighted by molar-refractivity contribution is -0.165. The summed E-state index contributed by atoms with van der Waals surface area (Å²) in [5.74, 6) is -2.77. The maximum atomic E-state index is 13.2. The van der Waals surface area contributed by atoms with Crippen molar-refractivity contribution >= 4 is 23.8 Å². The first-order valence-corrected chi connectivity index (χ1v) is 13.8. The minimum absolute atomic E-state index is 0.263. The first-order chi connectivity index (χ1) is 18.3. The van der Waals surface area contributed by atoms with Crippen LogP contribution in [0.1, 0.15) is 70.3 Å². The summed E-state index contributed by atoms with van der Waals surface area (Å²) in [6, 6.07) is 6.46. The first-order valence-electron chi connectivity index (χ1n) is 13.8. The minimum atomic E-state index is -1.02. The fraction of sp³-hybridized carbons (Fsp3) is 0.643. The largest absolute Gasteiger partial charge is 0.391 e. The van der Waals surface area contributed by atoms with Crippen molar-refractivity contribution in [1.82, 2.24) is 16.0 Å². The number of piperidine rings is 1. The third kappa shape index (κ3) is 11.3. The Morgan fingerprint density at radius 2 is 1.63 bits per heavy atom. The summed E-state index contributed by atoms with van der Waals surface area (Å²) in [5, 5.41) is 8.56. The van der Waals surface area contributed by atoms with Gasteiger partial charge in [0, 0.05) is 0 Å². The van der Waals surface area contributed by atoms with Gasteiger partial charge < -0.3 is 26.4 Å². The van der Waals surface area contributed by atoms with Crippen LogP contribution in [-0.4, -0.2) is 61.6 Å². The molecule has 1 aromatic rings. The molecule has 1 aromatic carbocycles. The van der Waals surface area contributed by atoms with Gasteiger partial charge in [0.25, 0.3) is 0 Å². The summed E-state index contributed by atoms with van der Waals surface area (Å²) in [4.78, 5) is 51.5. The van der Waals surface area contributed by atoms with Crippen LogP contribution in [-0.2, 0) is 30.3 Å². The van der Waals surface area contributed by atoms with Gasteiger partial charge in [-0.3, -0.25) is 18.8 Å². The fourth-order valence-corrected chi connectivity index (χ4v) is 4.37. The van der Waals surface area contributed by atoms with E-state index < -0.39 is 48.6 Å². The molecule has 0 aromatic heterocycles. The van der Waals surface area contributed by atoms with Crippen molar-refractivity contribution in [2.24, 2.45) is 11.7 Å². The number of esters is 2. The predicted octanol–water partition coefficient (Wildman–Crippen LogP) is 2.32. The molecule has 1 heterocycles. The standard InChI is InChI=1S/C28H43FN4O5/c1-2-3-12-24(28(37)38-27(36)21-14-17-31-18-15-21)33-26(35)23(13-8-5-9-16-29)32-25(34)22(30)19-20-10-6-4-7-11-20/h4,6-7,10-11,21-24,31H,2-3,5,8-9,12-19,30H2,1H3,(H,32,34)(H,33,35)/t22-,23-,24?/m1/s1. The minimum Gasteiger partial charge on any atom is -0.391 e. The molecule has 1 aliphatic heterocycles. The maximum absolute atomic E-state index is 13.2. The number of hydrogen-bond acceptors (Lipinski definition) is 7. The van der Waals surface area contributed by atoms with Crippen molar-refractivity contribution in [2.45, 2.75) is 89.3 Å². The molecule has 0 spiro atoms. The van der Waals surface area contributed by atoms with E-state index in [1.807, 2.05) is 37.3 Å². The van der Waals surface area contributed by atoms with Crippen LogP contribution in [0.4, 0.5) is 4.39 Å². The lowest BCUT2D eigenvalue weighted by Crippen LogP contribution is -2.55. The van der Waals surface area contributed by atoms with Crippen LogP contribution in [0.25, 0.3) is 0 Å². The average molecular weight is 535 g/mol. The van der Waals surface area contributed by atoms with Gasteiger partial charge in [-0.05, 0) is 57.2 Å². The molecule has 1 saturated heterocycles. The maximum Gasteiger partial charge on any atom is 0.336 e. The van der Waals surface area contributed by atoms with Gasteiger partial charge >= 0.3 is 11.9 Å². The number of rotatable bonds is 16. The topological polar surface area (TPSA) is 140 Å². The lowest BCUT2D eigenvalue weighted by atomic mass is 9.98. The number of halogens is 1. The number of carbonyl (C=O) groups is 4. The average Bonchev–Trinajstić information content (AvgIpc) is 2.93. The molecular formula is C28H43FN4O5. The number of hydrogen-bond donors (Lipinski definition) is 4. The number of unbranched alkanes of at least 4 members (excludes halogenated alkanes) is 3. The second kappa shape index (κ2) is 17.6.